The van der Waals surface area contributed by atoms with Crippen molar-refractivity contribution in [3.05, 3.63) is 0 Å². The molecule has 0 aromatic carbocycles. The van der Waals surface area contributed by atoms with Crippen LogP contribution >= 0.6 is 0 Å². The molecule has 1 aliphatic carbocycles. The molecule has 0 amide bonds. The number of hydrogen-bond donors (Lipinski definition) is 1. The maximum Gasteiger partial charge on any atom is 0.0500 e. The molecule has 76 valence electrons. The SMILES string of the molecule is CC1CC(CN)(C2CCCOC2)C1. The van der Waals surface area contributed by atoms with Gasteiger partial charge in [-0.05, 0) is 49.5 Å². The van der Waals surface area contributed by atoms with Gasteiger partial charge in [-0.1, -0.05) is 6.92 Å². The Bertz CT molecular complexity index is 169. The fraction of sp³-hybridized carbons (Fsp3) is 1.00. The lowest BCUT2D eigenvalue weighted by molar-refractivity contribution is -0.0655. The maximum absolute atomic E-state index is 5.91. The normalized spacial score (nSPS) is 45.7. The first-order valence-corrected chi connectivity index (χ1v) is 5.55. The highest BCUT2D eigenvalue weighted by Crippen LogP contribution is 2.52. The summed E-state index contributed by atoms with van der Waals surface area (Å²) in [5.41, 5.74) is 6.36. The van der Waals surface area contributed by atoms with Gasteiger partial charge in [-0.15, -0.1) is 0 Å². The van der Waals surface area contributed by atoms with Crippen molar-refractivity contribution in [3.63, 3.8) is 0 Å². The van der Waals surface area contributed by atoms with E-state index in [1.54, 1.807) is 0 Å². The Morgan fingerprint density at radius 2 is 2.23 bits per heavy atom. The molecular weight excluding hydrogens is 162 g/mol. The predicted octanol–water partition coefficient (Wildman–Crippen LogP) is 1.79. The third-order valence-electron chi connectivity index (χ3n) is 3.94. The van der Waals surface area contributed by atoms with Crippen molar-refractivity contribution in [2.24, 2.45) is 23.0 Å². The maximum atomic E-state index is 5.91. The summed E-state index contributed by atoms with van der Waals surface area (Å²) < 4.78 is 5.55. The van der Waals surface area contributed by atoms with E-state index in [9.17, 15) is 0 Å². The monoisotopic (exact) mass is 183 g/mol. The molecule has 2 aliphatic rings. The zero-order valence-corrected chi connectivity index (χ0v) is 8.59. The summed E-state index contributed by atoms with van der Waals surface area (Å²) in [6.45, 7) is 5.12. The number of ether oxygens (including phenoxy) is 1. The highest BCUT2D eigenvalue weighted by atomic mass is 16.5. The molecule has 2 heteroatoms. The van der Waals surface area contributed by atoms with E-state index in [4.69, 9.17) is 10.5 Å². The van der Waals surface area contributed by atoms with Crippen molar-refractivity contribution < 1.29 is 4.74 Å². The zero-order chi connectivity index (χ0) is 9.31. The van der Waals surface area contributed by atoms with Crippen molar-refractivity contribution in [3.8, 4) is 0 Å². The van der Waals surface area contributed by atoms with Crippen LogP contribution in [0.3, 0.4) is 0 Å². The third-order valence-corrected chi connectivity index (χ3v) is 3.94. The van der Waals surface area contributed by atoms with Gasteiger partial charge in [0.25, 0.3) is 0 Å². The van der Waals surface area contributed by atoms with Crippen molar-refractivity contribution in [1.29, 1.82) is 0 Å². The van der Waals surface area contributed by atoms with E-state index < -0.39 is 0 Å². The van der Waals surface area contributed by atoms with E-state index in [0.717, 1.165) is 31.6 Å². The van der Waals surface area contributed by atoms with Crippen LogP contribution in [0.4, 0.5) is 0 Å². The van der Waals surface area contributed by atoms with Gasteiger partial charge < -0.3 is 10.5 Å². The molecule has 1 atom stereocenters. The molecule has 2 rings (SSSR count). The molecule has 1 heterocycles. The average molecular weight is 183 g/mol. The fourth-order valence-corrected chi connectivity index (χ4v) is 3.22. The molecule has 2 N–H and O–H groups in total. The highest BCUT2D eigenvalue weighted by molar-refractivity contribution is 4.97. The quantitative estimate of drug-likeness (QED) is 0.708. The van der Waals surface area contributed by atoms with Gasteiger partial charge in [0.2, 0.25) is 0 Å². The summed E-state index contributed by atoms with van der Waals surface area (Å²) in [4.78, 5) is 0. The van der Waals surface area contributed by atoms with Gasteiger partial charge >= 0.3 is 0 Å². The van der Waals surface area contributed by atoms with E-state index in [-0.39, 0.29) is 0 Å². The van der Waals surface area contributed by atoms with Crippen LogP contribution < -0.4 is 5.73 Å². The zero-order valence-electron chi connectivity index (χ0n) is 8.59. The summed E-state index contributed by atoms with van der Waals surface area (Å²) in [6, 6.07) is 0. The minimum Gasteiger partial charge on any atom is -0.381 e. The Kier molecular flexibility index (Phi) is 2.61. The molecule has 0 bridgehead atoms. The molecular formula is C11H21NO. The lowest BCUT2D eigenvalue weighted by Crippen LogP contribution is -2.50. The summed E-state index contributed by atoms with van der Waals surface area (Å²) in [5, 5.41) is 0. The molecule has 13 heavy (non-hydrogen) atoms. The van der Waals surface area contributed by atoms with Gasteiger partial charge in [-0.3, -0.25) is 0 Å². The summed E-state index contributed by atoms with van der Waals surface area (Å²) in [6.07, 6.45) is 5.24. The second-order valence-corrected chi connectivity index (χ2v) is 4.99. The van der Waals surface area contributed by atoms with Crippen molar-refractivity contribution in [2.75, 3.05) is 19.8 Å². The van der Waals surface area contributed by atoms with Gasteiger partial charge in [0.1, 0.15) is 0 Å². The Labute approximate surface area is 80.8 Å². The molecule has 0 spiro atoms. The predicted molar refractivity (Wildman–Crippen MR) is 53.4 cm³/mol. The van der Waals surface area contributed by atoms with E-state index >= 15 is 0 Å². The van der Waals surface area contributed by atoms with Crippen molar-refractivity contribution >= 4 is 0 Å². The largest absolute Gasteiger partial charge is 0.381 e. The fourth-order valence-electron chi connectivity index (χ4n) is 3.22. The highest BCUT2D eigenvalue weighted by Gasteiger charge is 2.46. The third kappa shape index (κ3) is 1.62. The minimum atomic E-state index is 0.458. The number of nitrogens with two attached hydrogens (primary N) is 1. The van der Waals surface area contributed by atoms with E-state index in [0.29, 0.717) is 5.41 Å². The summed E-state index contributed by atoms with van der Waals surface area (Å²) in [7, 11) is 0. The van der Waals surface area contributed by atoms with Crippen LogP contribution in [0.15, 0.2) is 0 Å². The first kappa shape index (κ1) is 9.47. The second-order valence-electron chi connectivity index (χ2n) is 4.99. The second kappa shape index (κ2) is 3.58. The van der Waals surface area contributed by atoms with Crippen molar-refractivity contribution in [1.82, 2.24) is 0 Å². The first-order chi connectivity index (χ1) is 6.27. The minimum absolute atomic E-state index is 0.458. The molecule has 2 fully saturated rings. The first-order valence-electron chi connectivity index (χ1n) is 5.55. The Morgan fingerprint density at radius 1 is 1.46 bits per heavy atom. The number of rotatable bonds is 2. The van der Waals surface area contributed by atoms with Gasteiger partial charge in [0.05, 0.1) is 0 Å². The van der Waals surface area contributed by atoms with Crippen LogP contribution in [0.25, 0.3) is 0 Å². The molecule has 0 aromatic rings. The number of hydrogen-bond acceptors (Lipinski definition) is 2. The smallest absolute Gasteiger partial charge is 0.0500 e. The molecule has 1 unspecified atom stereocenters. The van der Waals surface area contributed by atoms with Crippen LogP contribution in [0.5, 0.6) is 0 Å². The van der Waals surface area contributed by atoms with Crippen LogP contribution in [0, 0.1) is 17.3 Å². The van der Waals surface area contributed by atoms with Crippen molar-refractivity contribution in [2.45, 2.75) is 32.6 Å². The standard InChI is InChI=1S/C11H21NO/c1-9-5-11(6-9,8-12)10-3-2-4-13-7-10/h9-10H,2-8,12H2,1H3. The lowest BCUT2D eigenvalue weighted by atomic mass is 9.55. The van der Waals surface area contributed by atoms with Gasteiger partial charge in [0, 0.05) is 13.2 Å². The van der Waals surface area contributed by atoms with Crippen LogP contribution in [-0.4, -0.2) is 19.8 Å². The van der Waals surface area contributed by atoms with Crippen LogP contribution in [-0.2, 0) is 4.74 Å². The average Bonchev–Trinajstić information content (AvgIpc) is 2.14. The van der Waals surface area contributed by atoms with Crippen LogP contribution in [0.2, 0.25) is 0 Å². The molecule has 1 saturated carbocycles. The van der Waals surface area contributed by atoms with Gasteiger partial charge in [-0.2, -0.15) is 0 Å². The van der Waals surface area contributed by atoms with E-state index in [1.165, 1.54) is 25.7 Å². The van der Waals surface area contributed by atoms with Gasteiger partial charge in [0.15, 0.2) is 0 Å². The Hall–Kier alpha value is -0.0800. The summed E-state index contributed by atoms with van der Waals surface area (Å²) >= 11 is 0. The van der Waals surface area contributed by atoms with E-state index in [1.807, 2.05) is 0 Å². The molecule has 0 radical (unpaired) electrons. The summed E-state index contributed by atoms with van der Waals surface area (Å²) in [5.74, 6) is 1.65. The molecule has 1 saturated heterocycles. The van der Waals surface area contributed by atoms with Crippen LogP contribution in [0.1, 0.15) is 32.6 Å². The Balaban J connectivity index is 1.95. The Morgan fingerprint density at radius 3 is 2.69 bits per heavy atom. The molecule has 2 nitrogen and oxygen atoms in total. The van der Waals surface area contributed by atoms with Gasteiger partial charge in [-0.25, -0.2) is 0 Å². The van der Waals surface area contributed by atoms with E-state index in [2.05, 4.69) is 6.92 Å². The molecule has 0 aromatic heterocycles. The molecule has 1 aliphatic heterocycles. The lowest BCUT2D eigenvalue weighted by Gasteiger charge is -2.52. The topological polar surface area (TPSA) is 35.2 Å².